The second kappa shape index (κ2) is 8.01. The zero-order chi connectivity index (χ0) is 17.6. The summed E-state index contributed by atoms with van der Waals surface area (Å²) in [5, 5.41) is 3.96. The van der Waals surface area contributed by atoms with Gasteiger partial charge < -0.3 is 14.6 Å². The van der Waals surface area contributed by atoms with Crippen LogP contribution in [0.1, 0.15) is 31.9 Å². The van der Waals surface area contributed by atoms with E-state index in [-0.39, 0.29) is 17.7 Å². The Morgan fingerprint density at radius 2 is 2.04 bits per heavy atom. The number of nitrogens with one attached hydrogen (secondary N) is 1. The van der Waals surface area contributed by atoms with Crippen LogP contribution in [0.3, 0.4) is 0 Å². The maximum Gasteiger partial charge on any atom is 0.246 e. The van der Waals surface area contributed by atoms with Crippen LogP contribution in [0.4, 0.5) is 0 Å². The van der Waals surface area contributed by atoms with E-state index in [1.165, 1.54) is 0 Å². The van der Waals surface area contributed by atoms with Gasteiger partial charge in [-0.05, 0) is 37.5 Å². The Hall–Kier alpha value is -2.56. The number of fused-ring (bicyclic) bond motifs is 1. The molecule has 0 atom stereocenters. The third-order valence-corrected chi connectivity index (χ3v) is 4.56. The molecule has 1 fully saturated rings. The van der Waals surface area contributed by atoms with E-state index in [9.17, 15) is 9.59 Å². The molecular formula is C20H24N2O3. The summed E-state index contributed by atoms with van der Waals surface area (Å²) in [7, 11) is 0. The first-order valence-electron chi connectivity index (χ1n) is 8.90. The average Bonchev–Trinajstić information content (AvgIpc) is 3.07. The van der Waals surface area contributed by atoms with Crippen molar-refractivity contribution in [3.8, 4) is 0 Å². The van der Waals surface area contributed by atoms with Gasteiger partial charge in [-0.1, -0.05) is 25.1 Å². The summed E-state index contributed by atoms with van der Waals surface area (Å²) in [6.45, 7) is 4.00. The minimum Gasteiger partial charge on any atom is -0.457 e. The van der Waals surface area contributed by atoms with Crippen molar-refractivity contribution in [3.63, 3.8) is 0 Å². The van der Waals surface area contributed by atoms with Crippen LogP contribution in [0, 0.1) is 5.92 Å². The van der Waals surface area contributed by atoms with Crippen LogP contribution in [0.25, 0.3) is 17.0 Å². The fourth-order valence-corrected chi connectivity index (χ4v) is 3.10. The van der Waals surface area contributed by atoms with Gasteiger partial charge in [-0.25, -0.2) is 0 Å². The van der Waals surface area contributed by atoms with Crippen molar-refractivity contribution >= 4 is 28.9 Å². The van der Waals surface area contributed by atoms with Gasteiger partial charge in [0.15, 0.2) is 0 Å². The van der Waals surface area contributed by atoms with Gasteiger partial charge in [0.1, 0.15) is 11.3 Å². The molecule has 0 bridgehead atoms. The van der Waals surface area contributed by atoms with Crippen molar-refractivity contribution in [2.45, 2.75) is 26.2 Å². The molecule has 25 heavy (non-hydrogen) atoms. The number of rotatable bonds is 5. The zero-order valence-electron chi connectivity index (χ0n) is 14.5. The molecule has 2 aromatic rings. The van der Waals surface area contributed by atoms with Gasteiger partial charge in [-0.3, -0.25) is 9.59 Å². The Bertz CT molecular complexity index is 737. The van der Waals surface area contributed by atoms with Crippen molar-refractivity contribution in [2.24, 2.45) is 5.92 Å². The highest BCUT2D eigenvalue weighted by molar-refractivity contribution is 5.92. The molecule has 132 valence electrons. The number of benzene rings is 1. The van der Waals surface area contributed by atoms with E-state index < -0.39 is 0 Å². The highest BCUT2D eigenvalue weighted by Crippen LogP contribution is 2.21. The summed E-state index contributed by atoms with van der Waals surface area (Å²) in [6, 6.07) is 9.68. The number of nitrogens with zero attached hydrogens (tertiary/aromatic N) is 1. The van der Waals surface area contributed by atoms with Crippen LogP contribution >= 0.6 is 0 Å². The van der Waals surface area contributed by atoms with Crippen LogP contribution in [-0.2, 0) is 9.59 Å². The lowest BCUT2D eigenvalue weighted by Gasteiger charge is -2.30. The highest BCUT2D eigenvalue weighted by Gasteiger charge is 2.26. The number of carbonyl (C=O) groups is 2. The van der Waals surface area contributed by atoms with Crippen molar-refractivity contribution in [3.05, 3.63) is 42.2 Å². The minimum atomic E-state index is -0.0344. The number of likely N-dealkylation sites (tertiary alicyclic amines) is 1. The van der Waals surface area contributed by atoms with Gasteiger partial charge in [-0.2, -0.15) is 0 Å². The van der Waals surface area contributed by atoms with Crippen LogP contribution in [0.15, 0.2) is 40.8 Å². The Morgan fingerprint density at radius 1 is 1.28 bits per heavy atom. The quantitative estimate of drug-likeness (QED) is 0.850. The number of hydrogen-bond acceptors (Lipinski definition) is 3. The molecule has 3 rings (SSSR count). The van der Waals surface area contributed by atoms with Crippen LogP contribution < -0.4 is 5.32 Å². The molecule has 2 amide bonds. The largest absolute Gasteiger partial charge is 0.457 e. The van der Waals surface area contributed by atoms with E-state index in [0.29, 0.717) is 18.8 Å². The zero-order valence-corrected chi connectivity index (χ0v) is 14.5. The third-order valence-electron chi connectivity index (χ3n) is 4.56. The molecule has 0 spiro atoms. The number of furan rings is 1. The fourth-order valence-electron chi connectivity index (χ4n) is 3.10. The maximum absolute atomic E-state index is 12.3. The molecule has 5 nitrogen and oxygen atoms in total. The molecule has 1 saturated heterocycles. The lowest BCUT2D eigenvalue weighted by atomic mass is 9.96. The Morgan fingerprint density at radius 3 is 2.76 bits per heavy atom. The van der Waals surface area contributed by atoms with E-state index in [0.717, 1.165) is 36.8 Å². The standard InChI is InChI=1S/C20H24N2O3/c1-2-11-21-20(24)15-9-12-22(13-10-15)19(23)8-7-17-14-16-5-3-4-6-18(16)25-17/h3-8,14-15H,2,9-13H2,1H3,(H,21,24)/b8-7+. The number of amides is 2. The van der Waals surface area contributed by atoms with Gasteiger partial charge in [-0.15, -0.1) is 0 Å². The van der Waals surface area contributed by atoms with E-state index in [4.69, 9.17) is 4.42 Å². The summed E-state index contributed by atoms with van der Waals surface area (Å²) in [4.78, 5) is 26.1. The third kappa shape index (κ3) is 4.29. The van der Waals surface area contributed by atoms with Gasteiger partial charge in [0.25, 0.3) is 0 Å². The number of carbonyl (C=O) groups excluding carboxylic acids is 2. The van der Waals surface area contributed by atoms with E-state index in [2.05, 4.69) is 5.32 Å². The second-order valence-corrected chi connectivity index (χ2v) is 6.41. The summed E-state index contributed by atoms with van der Waals surface area (Å²) in [6.07, 6.45) is 5.65. The summed E-state index contributed by atoms with van der Waals surface area (Å²) in [5.41, 5.74) is 0.813. The molecule has 1 aromatic heterocycles. The molecule has 1 aliphatic rings. The smallest absolute Gasteiger partial charge is 0.246 e. The molecule has 0 saturated carbocycles. The Balaban J connectivity index is 1.53. The fraction of sp³-hybridized carbons (Fsp3) is 0.400. The summed E-state index contributed by atoms with van der Waals surface area (Å²) < 4.78 is 5.68. The van der Waals surface area contributed by atoms with Crippen molar-refractivity contribution in [2.75, 3.05) is 19.6 Å². The molecule has 1 aromatic carbocycles. The Labute approximate surface area is 147 Å². The molecule has 0 aliphatic carbocycles. The van der Waals surface area contributed by atoms with Gasteiger partial charge in [0, 0.05) is 37.0 Å². The normalized spacial score (nSPS) is 15.8. The second-order valence-electron chi connectivity index (χ2n) is 6.41. The topological polar surface area (TPSA) is 62.6 Å². The number of hydrogen-bond donors (Lipinski definition) is 1. The molecule has 5 heteroatoms. The molecule has 2 heterocycles. The monoisotopic (exact) mass is 340 g/mol. The number of para-hydroxylation sites is 1. The van der Waals surface area contributed by atoms with E-state index >= 15 is 0 Å². The van der Waals surface area contributed by atoms with Crippen molar-refractivity contribution in [1.82, 2.24) is 10.2 Å². The lowest BCUT2D eigenvalue weighted by molar-refractivity contribution is -0.132. The number of piperidine rings is 1. The first kappa shape index (κ1) is 17.3. The molecule has 1 aliphatic heterocycles. The highest BCUT2D eigenvalue weighted by atomic mass is 16.3. The van der Waals surface area contributed by atoms with E-state index in [1.807, 2.05) is 37.3 Å². The van der Waals surface area contributed by atoms with Crippen LogP contribution in [0.2, 0.25) is 0 Å². The first-order chi connectivity index (χ1) is 12.2. The molecular weight excluding hydrogens is 316 g/mol. The predicted molar refractivity (Wildman–Crippen MR) is 97.9 cm³/mol. The summed E-state index contributed by atoms with van der Waals surface area (Å²) >= 11 is 0. The van der Waals surface area contributed by atoms with Crippen LogP contribution in [0.5, 0.6) is 0 Å². The minimum absolute atomic E-state index is 0.0231. The van der Waals surface area contributed by atoms with E-state index in [1.54, 1.807) is 17.1 Å². The predicted octanol–water partition coefficient (Wildman–Crippen LogP) is 3.21. The van der Waals surface area contributed by atoms with Crippen LogP contribution in [-0.4, -0.2) is 36.3 Å². The summed E-state index contributed by atoms with van der Waals surface area (Å²) in [5.74, 6) is 0.776. The Kier molecular flexibility index (Phi) is 5.53. The average molecular weight is 340 g/mol. The maximum atomic E-state index is 12.3. The van der Waals surface area contributed by atoms with Gasteiger partial charge >= 0.3 is 0 Å². The molecule has 0 unspecified atom stereocenters. The first-order valence-corrected chi connectivity index (χ1v) is 8.90. The van der Waals surface area contributed by atoms with Crippen molar-refractivity contribution < 1.29 is 14.0 Å². The SMILES string of the molecule is CCCNC(=O)C1CCN(C(=O)/C=C/c2cc3ccccc3o2)CC1. The van der Waals surface area contributed by atoms with Gasteiger partial charge in [0.2, 0.25) is 11.8 Å². The molecule has 0 radical (unpaired) electrons. The lowest BCUT2D eigenvalue weighted by Crippen LogP contribution is -2.42. The van der Waals surface area contributed by atoms with Gasteiger partial charge in [0.05, 0.1) is 0 Å². The van der Waals surface area contributed by atoms with Crippen molar-refractivity contribution in [1.29, 1.82) is 0 Å². The molecule has 1 N–H and O–H groups in total.